The first kappa shape index (κ1) is 14.8. The molecule has 0 saturated heterocycles. The SMILES string of the molecule is CNS(=O)(=O)CCNS(=O)(=O)c1cnc(N)nc1. The van der Waals surface area contributed by atoms with Crippen molar-refractivity contribution < 1.29 is 16.8 Å². The predicted octanol–water partition coefficient (Wildman–Crippen LogP) is -2.11. The number of hydrogen-bond donors (Lipinski definition) is 3. The van der Waals surface area contributed by atoms with Gasteiger partial charge in [-0.25, -0.2) is 36.2 Å². The molecule has 0 amide bonds. The normalized spacial score (nSPS) is 12.5. The van der Waals surface area contributed by atoms with Gasteiger partial charge in [0.2, 0.25) is 26.0 Å². The van der Waals surface area contributed by atoms with Crippen LogP contribution in [0.2, 0.25) is 0 Å². The molecule has 0 spiro atoms. The second-order valence-electron chi connectivity index (χ2n) is 3.20. The van der Waals surface area contributed by atoms with E-state index in [0.717, 1.165) is 12.4 Å². The van der Waals surface area contributed by atoms with E-state index in [1.54, 1.807) is 0 Å². The van der Waals surface area contributed by atoms with Gasteiger partial charge < -0.3 is 5.73 Å². The van der Waals surface area contributed by atoms with Gasteiger partial charge in [-0.3, -0.25) is 0 Å². The number of nitrogens with one attached hydrogen (secondary N) is 2. The van der Waals surface area contributed by atoms with Crippen LogP contribution in [-0.4, -0.2) is 46.1 Å². The van der Waals surface area contributed by atoms with Crippen LogP contribution in [0.1, 0.15) is 0 Å². The summed E-state index contributed by atoms with van der Waals surface area (Å²) < 4.78 is 49.7. The van der Waals surface area contributed by atoms with E-state index in [9.17, 15) is 16.8 Å². The van der Waals surface area contributed by atoms with Gasteiger partial charge in [0.1, 0.15) is 4.90 Å². The number of anilines is 1. The van der Waals surface area contributed by atoms with Crippen LogP contribution in [0.5, 0.6) is 0 Å². The highest BCUT2D eigenvalue weighted by atomic mass is 32.2. The zero-order valence-electron chi connectivity index (χ0n) is 9.49. The van der Waals surface area contributed by atoms with Gasteiger partial charge in [-0.2, -0.15) is 0 Å². The molecule has 0 aliphatic heterocycles. The van der Waals surface area contributed by atoms with Crippen LogP contribution in [0.25, 0.3) is 0 Å². The average Bonchev–Trinajstić information content (AvgIpc) is 2.29. The largest absolute Gasteiger partial charge is 0.368 e. The second-order valence-corrected chi connectivity index (χ2v) is 7.01. The van der Waals surface area contributed by atoms with Gasteiger partial charge in [-0.1, -0.05) is 0 Å². The Labute approximate surface area is 105 Å². The summed E-state index contributed by atoms with van der Waals surface area (Å²) in [5, 5.41) is 0. The van der Waals surface area contributed by atoms with E-state index in [-0.39, 0.29) is 23.1 Å². The first-order chi connectivity index (χ1) is 8.27. The van der Waals surface area contributed by atoms with Crippen LogP contribution < -0.4 is 15.2 Å². The minimum Gasteiger partial charge on any atom is -0.368 e. The molecular weight excluding hydrogens is 282 g/mol. The summed E-state index contributed by atoms with van der Waals surface area (Å²) in [5.74, 6) is -0.412. The standard InChI is InChI=1S/C7H13N5O4S2/c1-9-17(13,14)3-2-12-18(15,16)6-4-10-7(8)11-5-6/h4-5,9,12H,2-3H2,1H3,(H2,8,10,11). The van der Waals surface area contributed by atoms with Crippen LogP contribution in [0.3, 0.4) is 0 Å². The predicted molar refractivity (Wildman–Crippen MR) is 64.5 cm³/mol. The highest BCUT2D eigenvalue weighted by Crippen LogP contribution is 2.05. The molecule has 9 nitrogen and oxygen atoms in total. The van der Waals surface area contributed by atoms with Gasteiger partial charge >= 0.3 is 0 Å². The van der Waals surface area contributed by atoms with Crippen molar-refractivity contribution in [1.29, 1.82) is 0 Å². The van der Waals surface area contributed by atoms with Crippen molar-refractivity contribution in [3.05, 3.63) is 12.4 Å². The summed E-state index contributed by atoms with van der Waals surface area (Å²) in [4.78, 5) is 6.89. The van der Waals surface area contributed by atoms with E-state index in [1.165, 1.54) is 7.05 Å². The van der Waals surface area contributed by atoms with Crippen molar-refractivity contribution in [2.45, 2.75) is 4.90 Å². The van der Waals surface area contributed by atoms with Gasteiger partial charge in [-0.05, 0) is 7.05 Å². The highest BCUT2D eigenvalue weighted by molar-refractivity contribution is 7.90. The van der Waals surface area contributed by atoms with Gasteiger partial charge in [0.25, 0.3) is 0 Å². The maximum absolute atomic E-state index is 11.7. The number of nitrogens with two attached hydrogens (primary N) is 1. The molecule has 1 aromatic heterocycles. The van der Waals surface area contributed by atoms with Crippen molar-refractivity contribution in [2.75, 3.05) is 25.1 Å². The van der Waals surface area contributed by atoms with Gasteiger partial charge in [-0.15, -0.1) is 0 Å². The van der Waals surface area contributed by atoms with E-state index < -0.39 is 20.0 Å². The Morgan fingerprint density at radius 2 is 1.78 bits per heavy atom. The Hall–Kier alpha value is -1.30. The van der Waals surface area contributed by atoms with Crippen molar-refractivity contribution >= 4 is 26.0 Å². The summed E-state index contributed by atoms with van der Waals surface area (Å²) in [6, 6.07) is 0. The van der Waals surface area contributed by atoms with E-state index in [2.05, 4.69) is 19.4 Å². The molecule has 1 heterocycles. The zero-order valence-corrected chi connectivity index (χ0v) is 11.1. The third kappa shape index (κ3) is 4.18. The minimum atomic E-state index is -3.83. The number of nitrogens with zero attached hydrogens (tertiary/aromatic N) is 2. The average molecular weight is 295 g/mol. The Bertz CT molecular complexity index is 595. The lowest BCUT2D eigenvalue weighted by Crippen LogP contribution is -2.33. The summed E-state index contributed by atoms with van der Waals surface area (Å²) in [7, 11) is -6.04. The van der Waals surface area contributed by atoms with Crippen LogP contribution in [0.4, 0.5) is 5.95 Å². The van der Waals surface area contributed by atoms with Crippen molar-refractivity contribution in [2.24, 2.45) is 0 Å². The minimum absolute atomic E-state index is 0.0493. The maximum Gasteiger partial charge on any atom is 0.243 e. The quantitative estimate of drug-likeness (QED) is 0.544. The second kappa shape index (κ2) is 5.56. The van der Waals surface area contributed by atoms with Crippen LogP contribution in [-0.2, 0) is 20.0 Å². The molecule has 1 rings (SSSR count). The molecular formula is C7H13N5O4S2. The van der Waals surface area contributed by atoms with E-state index >= 15 is 0 Å². The van der Waals surface area contributed by atoms with Crippen LogP contribution in [0.15, 0.2) is 17.3 Å². The zero-order chi connectivity index (χ0) is 13.8. The number of hydrogen-bond acceptors (Lipinski definition) is 7. The van der Waals surface area contributed by atoms with Gasteiger partial charge in [0, 0.05) is 6.54 Å². The van der Waals surface area contributed by atoms with Crippen molar-refractivity contribution in [3.8, 4) is 0 Å². The molecule has 0 radical (unpaired) electrons. The Balaban J connectivity index is 2.69. The fourth-order valence-corrected chi connectivity index (χ4v) is 2.59. The molecule has 1 aromatic rings. The first-order valence-corrected chi connectivity index (χ1v) is 7.89. The molecule has 0 fully saturated rings. The van der Waals surface area contributed by atoms with E-state index in [0.29, 0.717) is 0 Å². The highest BCUT2D eigenvalue weighted by Gasteiger charge is 2.16. The fraction of sp³-hybridized carbons (Fsp3) is 0.429. The lowest BCUT2D eigenvalue weighted by molar-refractivity contribution is 0.578. The molecule has 18 heavy (non-hydrogen) atoms. The molecule has 102 valence electrons. The molecule has 0 saturated carbocycles. The van der Waals surface area contributed by atoms with Crippen LogP contribution in [0, 0.1) is 0 Å². The topological polar surface area (TPSA) is 144 Å². The molecule has 0 atom stereocenters. The van der Waals surface area contributed by atoms with Crippen LogP contribution >= 0.6 is 0 Å². The maximum atomic E-state index is 11.7. The third-order valence-corrected chi connectivity index (χ3v) is 4.71. The molecule has 4 N–H and O–H groups in total. The summed E-state index contributed by atoms with van der Waals surface area (Å²) in [6.07, 6.45) is 2.08. The van der Waals surface area contributed by atoms with Gasteiger partial charge in [0.05, 0.1) is 18.1 Å². The summed E-state index contributed by atoms with van der Waals surface area (Å²) in [6.45, 7) is -0.254. The molecule has 0 aliphatic rings. The lowest BCUT2D eigenvalue weighted by atomic mass is 10.7. The summed E-state index contributed by atoms with van der Waals surface area (Å²) >= 11 is 0. The van der Waals surface area contributed by atoms with Crippen molar-refractivity contribution in [3.63, 3.8) is 0 Å². The third-order valence-electron chi connectivity index (χ3n) is 1.93. The molecule has 11 heteroatoms. The number of rotatable bonds is 6. The first-order valence-electron chi connectivity index (χ1n) is 4.75. The fourth-order valence-electron chi connectivity index (χ4n) is 0.961. The molecule has 0 unspecified atom stereocenters. The van der Waals surface area contributed by atoms with E-state index in [1.807, 2.05) is 0 Å². The number of nitrogen functional groups attached to an aromatic ring is 1. The molecule has 0 aromatic carbocycles. The number of aromatic nitrogens is 2. The Morgan fingerprint density at radius 3 is 2.28 bits per heavy atom. The Morgan fingerprint density at radius 1 is 1.22 bits per heavy atom. The summed E-state index contributed by atoms with van der Waals surface area (Å²) in [5.41, 5.74) is 5.22. The molecule has 0 aliphatic carbocycles. The monoisotopic (exact) mass is 295 g/mol. The number of sulfonamides is 2. The Kier molecular flexibility index (Phi) is 4.56. The lowest BCUT2D eigenvalue weighted by Gasteiger charge is -2.06. The molecule has 0 bridgehead atoms. The van der Waals surface area contributed by atoms with Crippen molar-refractivity contribution in [1.82, 2.24) is 19.4 Å². The van der Waals surface area contributed by atoms with Gasteiger partial charge in [0.15, 0.2) is 0 Å². The smallest absolute Gasteiger partial charge is 0.243 e. The van der Waals surface area contributed by atoms with E-state index in [4.69, 9.17) is 5.73 Å².